The lowest BCUT2D eigenvalue weighted by atomic mass is 9.98. The number of aliphatic hydroxyl groups excluding tert-OH is 1. The van der Waals surface area contributed by atoms with Gasteiger partial charge in [0.15, 0.2) is 0 Å². The van der Waals surface area contributed by atoms with Gasteiger partial charge in [-0.15, -0.1) is 22.7 Å². The Morgan fingerprint density at radius 2 is 2.00 bits per heavy atom. The molecule has 136 valence electrons. The summed E-state index contributed by atoms with van der Waals surface area (Å²) < 4.78 is 18.6. The standard InChI is InChI=1S/C20H20FNO2S2/c21-14-3-5-16(6-4-14)24-13-15(23)12-22-9-7-18-17(8-11-26-18)20(22)19-2-1-10-25-19/h1-6,8,10-11,15,20,23H,7,9,12-13H2/t15-,20-/m0/s1. The van der Waals surface area contributed by atoms with E-state index in [1.165, 1.54) is 27.5 Å². The summed E-state index contributed by atoms with van der Waals surface area (Å²) in [4.78, 5) is 5.08. The van der Waals surface area contributed by atoms with E-state index in [0.717, 1.165) is 13.0 Å². The summed E-state index contributed by atoms with van der Waals surface area (Å²) in [6.45, 7) is 1.65. The van der Waals surface area contributed by atoms with Crippen molar-refractivity contribution in [2.45, 2.75) is 18.6 Å². The van der Waals surface area contributed by atoms with Crippen molar-refractivity contribution < 1.29 is 14.2 Å². The maximum Gasteiger partial charge on any atom is 0.123 e. The topological polar surface area (TPSA) is 32.7 Å². The zero-order valence-electron chi connectivity index (χ0n) is 14.2. The lowest BCUT2D eigenvalue weighted by Crippen LogP contribution is -2.41. The summed E-state index contributed by atoms with van der Waals surface area (Å²) in [5.74, 6) is 0.274. The summed E-state index contributed by atoms with van der Waals surface area (Å²) in [5, 5.41) is 14.8. The van der Waals surface area contributed by atoms with Crippen molar-refractivity contribution in [3.63, 3.8) is 0 Å². The molecule has 1 aromatic carbocycles. The molecule has 0 amide bonds. The predicted octanol–water partition coefficient (Wildman–Crippen LogP) is 4.34. The molecule has 2 atom stereocenters. The first-order chi connectivity index (χ1) is 12.7. The van der Waals surface area contributed by atoms with Gasteiger partial charge in [-0.25, -0.2) is 4.39 Å². The molecular weight excluding hydrogens is 369 g/mol. The molecule has 1 aliphatic heterocycles. The molecule has 1 aliphatic rings. The Morgan fingerprint density at radius 1 is 1.15 bits per heavy atom. The molecule has 0 saturated carbocycles. The fraction of sp³-hybridized carbons (Fsp3) is 0.300. The molecule has 0 radical (unpaired) electrons. The Labute approximate surface area is 160 Å². The van der Waals surface area contributed by atoms with Crippen molar-refractivity contribution in [2.24, 2.45) is 0 Å². The number of fused-ring (bicyclic) bond motifs is 1. The molecule has 3 heterocycles. The van der Waals surface area contributed by atoms with E-state index in [1.807, 2.05) is 11.3 Å². The molecule has 0 unspecified atom stereocenters. The minimum Gasteiger partial charge on any atom is -0.491 e. The van der Waals surface area contributed by atoms with E-state index in [4.69, 9.17) is 4.74 Å². The van der Waals surface area contributed by atoms with Gasteiger partial charge in [0.1, 0.15) is 24.3 Å². The SMILES string of the molecule is O[C@H](COc1ccc(F)cc1)CN1CCc2sccc2[C@H]1c1cccs1. The Morgan fingerprint density at radius 3 is 2.77 bits per heavy atom. The van der Waals surface area contributed by atoms with Crippen LogP contribution in [0.5, 0.6) is 5.75 Å². The molecule has 2 aromatic heterocycles. The number of hydrogen-bond acceptors (Lipinski definition) is 5. The highest BCUT2D eigenvalue weighted by molar-refractivity contribution is 7.10. The van der Waals surface area contributed by atoms with Gasteiger partial charge in [-0.05, 0) is 59.1 Å². The Balaban J connectivity index is 1.43. The van der Waals surface area contributed by atoms with Crippen LogP contribution in [0.15, 0.2) is 53.2 Å². The molecule has 0 aliphatic carbocycles. The third-order valence-electron chi connectivity index (χ3n) is 4.58. The first-order valence-electron chi connectivity index (χ1n) is 8.61. The van der Waals surface area contributed by atoms with Crippen LogP contribution in [-0.2, 0) is 6.42 Å². The highest BCUT2D eigenvalue weighted by Crippen LogP contribution is 2.39. The molecule has 6 heteroatoms. The van der Waals surface area contributed by atoms with Crippen LogP contribution in [0.2, 0.25) is 0 Å². The van der Waals surface area contributed by atoms with E-state index in [9.17, 15) is 9.50 Å². The van der Waals surface area contributed by atoms with E-state index in [1.54, 1.807) is 23.5 Å². The third kappa shape index (κ3) is 3.83. The lowest BCUT2D eigenvalue weighted by Gasteiger charge is -2.36. The number of nitrogens with zero attached hydrogens (tertiary/aromatic N) is 1. The quantitative estimate of drug-likeness (QED) is 0.681. The van der Waals surface area contributed by atoms with Gasteiger partial charge in [-0.1, -0.05) is 6.07 Å². The number of ether oxygens (including phenoxy) is 1. The molecule has 3 aromatic rings. The van der Waals surface area contributed by atoms with Crippen LogP contribution in [0.4, 0.5) is 4.39 Å². The number of thiophene rings is 2. The second kappa shape index (κ2) is 7.88. The fourth-order valence-corrected chi connectivity index (χ4v) is 5.17. The third-order valence-corrected chi connectivity index (χ3v) is 6.50. The van der Waals surface area contributed by atoms with Gasteiger partial charge in [0, 0.05) is 22.8 Å². The van der Waals surface area contributed by atoms with Crippen molar-refractivity contribution in [3.8, 4) is 5.75 Å². The smallest absolute Gasteiger partial charge is 0.123 e. The number of halogens is 1. The van der Waals surface area contributed by atoms with Crippen LogP contribution in [-0.4, -0.2) is 35.8 Å². The second-order valence-corrected chi connectivity index (χ2v) is 8.36. The number of rotatable bonds is 6. The highest BCUT2D eigenvalue weighted by Gasteiger charge is 2.31. The average Bonchev–Trinajstić information content (AvgIpc) is 3.33. The van der Waals surface area contributed by atoms with Crippen molar-refractivity contribution in [1.29, 1.82) is 0 Å². The minimum absolute atomic E-state index is 0.190. The van der Waals surface area contributed by atoms with Gasteiger partial charge in [0.2, 0.25) is 0 Å². The van der Waals surface area contributed by atoms with Crippen molar-refractivity contribution in [2.75, 3.05) is 19.7 Å². The molecule has 0 spiro atoms. The van der Waals surface area contributed by atoms with Crippen LogP contribution in [0.3, 0.4) is 0 Å². The van der Waals surface area contributed by atoms with Crippen LogP contribution in [0.1, 0.15) is 21.4 Å². The second-order valence-electron chi connectivity index (χ2n) is 6.38. The van der Waals surface area contributed by atoms with Gasteiger partial charge < -0.3 is 9.84 Å². The summed E-state index contributed by atoms with van der Waals surface area (Å²) >= 11 is 3.57. The van der Waals surface area contributed by atoms with Crippen molar-refractivity contribution in [3.05, 3.63) is 74.4 Å². The fourth-order valence-electron chi connectivity index (χ4n) is 3.39. The van der Waals surface area contributed by atoms with Gasteiger partial charge in [0.05, 0.1) is 6.04 Å². The molecule has 1 N–H and O–H groups in total. The van der Waals surface area contributed by atoms with E-state index >= 15 is 0 Å². The number of hydrogen-bond donors (Lipinski definition) is 1. The largest absolute Gasteiger partial charge is 0.491 e. The number of benzene rings is 1. The maximum atomic E-state index is 13.0. The Hall–Kier alpha value is -1.73. The zero-order valence-corrected chi connectivity index (χ0v) is 15.8. The molecule has 0 bridgehead atoms. The molecule has 0 fully saturated rings. The average molecular weight is 390 g/mol. The van der Waals surface area contributed by atoms with Gasteiger partial charge >= 0.3 is 0 Å². The minimum atomic E-state index is -0.609. The first-order valence-corrected chi connectivity index (χ1v) is 10.4. The Kier molecular flexibility index (Phi) is 5.36. The van der Waals surface area contributed by atoms with Crippen LogP contribution in [0, 0.1) is 5.82 Å². The van der Waals surface area contributed by atoms with Gasteiger partial charge in [-0.2, -0.15) is 0 Å². The molecular formula is C20H20FNO2S2. The zero-order chi connectivity index (χ0) is 17.9. The lowest BCUT2D eigenvalue weighted by molar-refractivity contribution is 0.0562. The van der Waals surface area contributed by atoms with Gasteiger partial charge in [-0.3, -0.25) is 4.90 Å². The van der Waals surface area contributed by atoms with Crippen LogP contribution >= 0.6 is 22.7 Å². The molecule has 3 nitrogen and oxygen atoms in total. The summed E-state index contributed by atoms with van der Waals surface area (Å²) in [7, 11) is 0. The van der Waals surface area contributed by atoms with E-state index in [-0.39, 0.29) is 18.5 Å². The highest BCUT2D eigenvalue weighted by atomic mass is 32.1. The summed E-state index contributed by atoms with van der Waals surface area (Å²) in [6, 6.07) is 12.5. The van der Waals surface area contributed by atoms with E-state index in [0.29, 0.717) is 12.3 Å². The number of aliphatic hydroxyl groups is 1. The van der Waals surface area contributed by atoms with Crippen molar-refractivity contribution in [1.82, 2.24) is 4.90 Å². The summed E-state index contributed by atoms with van der Waals surface area (Å²) in [5.41, 5.74) is 1.36. The molecule has 0 saturated heterocycles. The molecule has 26 heavy (non-hydrogen) atoms. The predicted molar refractivity (Wildman–Crippen MR) is 104 cm³/mol. The van der Waals surface area contributed by atoms with Gasteiger partial charge in [0.25, 0.3) is 0 Å². The van der Waals surface area contributed by atoms with Crippen LogP contribution in [0.25, 0.3) is 0 Å². The van der Waals surface area contributed by atoms with Crippen LogP contribution < -0.4 is 4.74 Å². The number of β-amino-alcohol motifs (C(OH)–C–C–N with tert-alkyl or cyclic N) is 1. The van der Waals surface area contributed by atoms with E-state index < -0.39 is 6.10 Å². The maximum absolute atomic E-state index is 13.0. The normalized spacial score (nSPS) is 18.5. The molecule has 4 rings (SSSR count). The van der Waals surface area contributed by atoms with Crippen molar-refractivity contribution >= 4 is 22.7 Å². The van der Waals surface area contributed by atoms with E-state index in [2.05, 4.69) is 33.9 Å². The first kappa shape index (κ1) is 17.7. The summed E-state index contributed by atoms with van der Waals surface area (Å²) in [6.07, 6.45) is 0.406. The monoisotopic (exact) mass is 389 g/mol. The Bertz CT molecular complexity index is 832.